The predicted molar refractivity (Wildman–Crippen MR) is 31.7 cm³/mol. The average molecular weight is 153 g/mol. The van der Waals surface area contributed by atoms with E-state index in [1.807, 2.05) is 0 Å². The van der Waals surface area contributed by atoms with Gasteiger partial charge in [0.15, 0.2) is 6.04 Å². The van der Waals surface area contributed by atoms with E-state index >= 15 is 0 Å². The number of quaternary nitrogens is 1. The predicted octanol–water partition coefficient (Wildman–Crippen LogP) is -1.64. The average Bonchev–Trinajstić information content (AvgIpc) is 1.90. The van der Waals surface area contributed by atoms with Gasteiger partial charge in [-0.25, -0.2) is 4.79 Å². The van der Waals surface area contributed by atoms with Gasteiger partial charge in [0.25, 0.3) is 0 Å². The van der Waals surface area contributed by atoms with Gasteiger partial charge in [-0.05, 0) is 0 Å². The molecule has 0 aromatic carbocycles. The molecule has 6 heteroatoms. The summed E-state index contributed by atoms with van der Waals surface area (Å²) in [6.45, 7) is 0. The summed E-state index contributed by atoms with van der Waals surface area (Å²) in [5, 5.41) is 17.6. The number of hydroxylamine groups is 1. The lowest BCUT2D eigenvalue weighted by molar-refractivity contribution is -0.612. The SMILES string of the molecule is O=C(OO)[C@H](CS)[NH2+][O-]. The highest BCUT2D eigenvalue weighted by atomic mass is 32.1. The standard InChI is InChI=1S/C3H7NO4S/c5-3(8-7)2(1-9)4-6/h2,7,9H,1,4H2/t2-/m0/s1. The third-order valence-corrected chi connectivity index (χ3v) is 1.15. The summed E-state index contributed by atoms with van der Waals surface area (Å²) in [5.41, 5.74) is 0.367. The van der Waals surface area contributed by atoms with Gasteiger partial charge in [0.1, 0.15) is 0 Å². The zero-order valence-electron chi connectivity index (χ0n) is 4.48. The van der Waals surface area contributed by atoms with E-state index in [-0.39, 0.29) is 5.75 Å². The largest absolute Gasteiger partial charge is 0.635 e. The van der Waals surface area contributed by atoms with Crippen LogP contribution in [0.4, 0.5) is 0 Å². The Morgan fingerprint density at radius 1 is 2.00 bits per heavy atom. The van der Waals surface area contributed by atoms with Crippen molar-refractivity contribution in [3.05, 3.63) is 5.21 Å². The molecule has 0 heterocycles. The minimum Gasteiger partial charge on any atom is -0.635 e. The molecule has 0 aliphatic carbocycles. The maximum atomic E-state index is 10.2. The summed E-state index contributed by atoms with van der Waals surface area (Å²) in [4.78, 5) is 13.5. The van der Waals surface area contributed by atoms with Crippen molar-refractivity contribution in [1.82, 2.24) is 0 Å². The lowest BCUT2D eigenvalue weighted by Crippen LogP contribution is -2.87. The Balaban J connectivity index is 3.64. The number of carbonyl (C=O) groups is 1. The molecule has 54 valence electrons. The molecule has 0 radical (unpaired) electrons. The van der Waals surface area contributed by atoms with Crippen LogP contribution in [0.3, 0.4) is 0 Å². The Morgan fingerprint density at radius 3 is 2.67 bits per heavy atom. The molecule has 5 nitrogen and oxygen atoms in total. The van der Waals surface area contributed by atoms with E-state index in [0.29, 0.717) is 5.48 Å². The monoisotopic (exact) mass is 153 g/mol. The Labute approximate surface area is 56.9 Å². The molecule has 0 spiro atoms. The van der Waals surface area contributed by atoms with Gasteiger partial charge in [0.05, 0.1) is 5.75 Å². The quantitative estimate of drug-likeness (QED) is 0.258. The molecule has 1 atom stereocenters. The fourth-order valence-corrected chi connectivity index (χ4v) is 0.476. The summed E-state index contributed by atoms with van der Waals surface area (Å²) in [5.74, 6) is -0.928. The van der Waals surface area contributed by atoms with E-state index in [1.54, 1.807) is 0 Å². The Bertz CT molecular complexity index is 93.8. The van der Waals surface area contributed by atoms with Crippen molar-refractivity contribution in [3.63, 3.8) is 0 Å². The summed E-state index contributed by atoms with van der Waals surface area (Å²) in [6, 6.07) is -0.960. The molecule has 0 bridgehead atoms. The minimum absolute atomic E-state index is 0.0445. The van der Waals surface area contributed by atoms with Crippen molar-refractivity contribution in [2.45, 2.75) is 6.04 Å². The molecule has 0 aliphatic heterocycles. The van der Waals surface area contributed by atoms with Gasteiger partial charge >= 0.3 is 5.97 Å². The Hall–Kier alpha value is -0.300. The molecule has 0 rings (SSSR count). The normalized spacial score (nSPS) is 12.8. The lowest BCUT2D eigenvalue weighted by atomic mass is 10.4. The van der Waals surface area contributed by atoms with E-state index in [9.17, 15) is 10.0 Å². The van der Waals surface area contributed by atoms with Crippen molar-refractivity contribution in [2.24, 2.45) is 0 Å². The third-order valence-electron chi connectivity index (χ3n) is 0.754. The second kappa shape index (κ2) is 4.57. The van der Waals surface area contributed by atoms with Gasteiger partial charge in [0, 0.05) is 0 Å². The van der Waals surface area contributed by atoms with Crippen molar-refractivity contribution in [3.8, 4) is 0 Å². The molecule has 0 amide bonds. The van der Waals surface area contributed by atoms with Crippen molar-refractivity contribution < 1.29 is 20.4 Å². The molecular formula is C3H7NO4S. The van der Waals surface area contributed by atoms with Crippen molar-refractivity contribution in [2.75, 3.05) is 5.75 Å². The van der Waals surface area contributed by atoms with Crippen molar-refractivity contribution >= 4 is 18.6 Å². The van der Waals surface area contributed by atoms with E-state index in [1.165, 1.54) is 0 Å². The summed E-state index contributed by atoms with van der Waals surface area (Å²) < 4.78 is 0. The fraction of sp³-hybridized carbons (Fsp3) is 0.667. The third kappa shape index (κ3) is 2.66. The maximum absolute atomic E-state index is 10.2. The fourth-order valence-electron chi connectivity index (χ4n) is 0.241. The molecule has 9 heavy (non-hydrogen) atoms. The minimum atomic E-state index is -0.972. The van der Waals surface area contributed by atoms with Gasteiger partial charge in [0.2, 0.25) is 0 Å². The second-order valence-electron chi connectivity index (χ2n) is 1.34. The zero-order valence-corrected chi connectivity index (χ0v) is 5.38. The summed E-state index contributed by atoms with van der Waals surface area (Å²) in [6.07, 6.45) is 0. The smallest absolute Gasteiger partial charge is 0.399 e. The maximum Gasteiger partial charge on any atom is 0.399 e. The number of hydrogen-bond acceptors (Lipinski definition) is 5. The van der Waals surface area contributed by atoms with Crippen LogP contribution < -0.4 is 5.48 Å². The highest BCUT2D eigenvalue weighted by molar-refractivity contribution is 7.80. The summed E-state index contributed by atoms with van der Waals surface area (Å²) >= 11 is 3.65. The molecule has 0 saturated heterocycles. The molecule has 0 aromatic heterocycles. The van der Waals surface area contributed by atoms with Crippen LogP contribution in [-0.4, -0.2) is 23.0 Å². The Morgan fingerprint density at radius 2 is 2.56 bits per heavy atom. The molecule has 0 saturated carbocycles. The number of hydrogen-bond donors (Lipinski definition) is 3. The van der Waals surface area contributed by atoms with Gasteiger partial charge < -0.3 is 10.7 Å². The molecular weight excluding hydrogens is 146 g/mol. The van der Waals surface area contributed by atoms with Crippen LogP contribution in [0.5, 0.6) is 0 Å². The number of rotatable bonds is 3. The van der Waals surface area contributed by atoms with Gasteiger partial charge in [-0.1, -0.05) is 0 Å². The van der Waals surface area contributed by atoms with E-state index in [2.05, 4.69) is 17.5 Å². The first-order valence-electron chi connectivity index (χ1n) is 2.17. The van der Waals surface area contributed by atoms with Crippen LogP contribution >= 0.6 is 12.6 Å². The van der Waals surface area contributed by atoms with E-state index < -0.39 is 12.0 Å². The molecule has 0 aliphatic rings. The second-order valence-corrected chi connectivity index (χ2v) is 1.70. The number of thiol groups is 1. The molecule has 0 unspecified atom stereocenters. The highest BCUT2D eigenvalue weighted by Gasteiger charge is 2.18. The van der Waals surface area contributed by atoms with Crippen molar-refractivity contribution in [1.29, 1.82) is 0 Å². The van der Waals surface area contributed by atoms with Crippen LogP contribution in [-0.2, 0) is 9.68 Å². The van der Waals surface area contributed by atoms with Crippen LogP contribution in [0, 0.1) is 5.21 Å². The van der Waals surface area contributed by atoms with Gasteiger partial charge in [-0.15, -0.1) is 0 Å². The van der Waals surface area contributed by atoms with Crippen LogP contribution in [0.1, 0.15) is 0 Å². The molecule has 3 N–H and O–H groups in total. The van der Waals surface area contributed by atoms with Gasteiger partial charge in [-0.2, -0.15) is 17.9 Å². The first-order valence-corrected chi connectivity index (χ1v) is 2.81. The zero-order chi connectivity index (χ0) is 7.28. The van der Waals surface area contributed by atoms with E-state index in [0.717, 1.165) is 0 Å². The topological polar surface area (TPSA) is 86.2 Å². The molecule has 0 fully saturated rings. The van der Waals surface area contributed by atoms with Gasteiger partial charge in [-0.3, -0.25) is 4.89 Å². The lowest BCUT2D eigenvalue weighted by Gasteiger charge is -2.09. The van der Waals surface area contributed by atoms with Crippen LogP contribution in [0.15, 0.2) is 0 Å². The number of nitrogens with two attached hydrogens (primary N) is 1. The van der Waals surface area contributed by atoms with Crippen LogP contribution in [0.2, 0.25) is 0 Å². The first-order chi connectivity index (χ1) is 4.26. The first kappa shape index (κ1) is 8.70. The Kier molecular flexibility index (Phi) is 4.41. The highest BCUT2D eigenvalue weighted by Crippen LogP contribution is 1.83. The van der Waals surface area contributed by atoms with E-state index in [4.69, 9.17) is 5.26 Å². The summed E-state index contributed by atoms with van der Waals surface area (Å²) in [7, 11) is 0. The number of carbonyl (C=O) groups excluding carboxylic acids is 1. The van der Waals surface area contributed by atoms with Crippen LogP contribution in [0.25, 0.3) is 0 Å². The molecule has 0 aromatic rings.